The Bertz CT molecular complexity index is 375. The molecule has 0 aliphatic carbocycles. The molecule has 0 spiro atoms. The van der Waals surface area contributed by atoms with Gasteiger partial charge in [-0.05, 0) is 23.1 Å². The standard InChI is InChI=1S/C13H17FO/c1-5-12(15)10-7-6-9(8-11(10)14)13(2,3)4/h6-8H,5H2,1-4H3. The van der Waals surface area contributed by atoms with Crippen molar-refractivity contribution in [1.29, 1.82) is 0 Å². The highest BCUT2D eigenvalue weighted by atomic mass is 19.1. The second kappa shape index (κ2) is 4.13. The maximum Gasteiger partial charge on any atom is 0.165 e. The second-order valence-corrected chi connectivity index (χ2v) is 4.72. The predicted octanol–water partition coefficient (Wildman–Crippen LogP) is 3.72. The van der Waals surface area contributed by atoms with E-state index in [4.69, 9.17) is 0 Å². The molecule has 1 rings (SSSR count). The number of rotatable bonds is 2. The van der Waals surface area contributed by atoms with Crippen molar-refractivity contribution in [3.8, 4) is 0 Å². The normalized spacial score (nSPS) is 11.5. The van der Waals surface area contributed by atoms with Crippen LogP contribution in [0.1, 0.15) is 50.0 Å². The maximum absolute atomic E-state index is 13.6. The van der Waals surface area contributed by atoms with E-state index in [1.807, 2.05) is 26.8 Å². The Labute approximate surface area is 90.3 Å². The van der Waals surface area contributed by atoms with Crippen LogP contribution >= 0.6 is 0 Å². The summed E-state index contributed by atoms with van der Waals surface area (Å²) in [6, 6.07) is 4.87. The lowest BCUT2D eigenvalue weighted by Gasteiger charge is -2.19. The van der Waals surface area contributed by atoms with Gasteiger partial charge in [0.05, 0.1) is 5.56 Å². The average Bonchev–Trinajstić information content (AvgIpc) is 2.15. The highest BCUT2D eigenvalue weighted by molar-refractivity contribution is 5.96. The van der Waals surface area contributed by atoms with Gasteiger partial charge in [-0.3, -0.25) is 4.79 Å². The Morgan fingerprint density at radius 2 is 1.93 bits per heavy atom. The fraction of sp³-hybridized carbons (Fsp3) is 0.462. The van der Waals surface area contributed by atoms with Gasteiger partial charge in [-0.1, -0.05) is 33.8 Å². The zero-order valence-electron chi connectivity index (χ0n) is 9.73. The molecular formula is C13H17FO. The van der Waals surface area contributed by atoms with Crippen molar-refractivity contribution in [2.45, 2.75) is 39.5 Å². The molecule has 1 aromatic carbocycles. The van der Waals surface area contributed by atoms with Gasteiger partial charge >= 0.3 is 0 Å². The first-order valence-electron chi connectivity index (χ1n) is 5.19. The zero-order chi connectivity index (χ0) is 11.6. The van der Waals surface area contributed by atoms with Crippen LogP contribution in [-0.4, -0.2) is 5.78 Å². The smallest absolute Gasteiger partial charge is 0.165 e. The summed E-state index contributed by atoms with van der Waals surface area (Å²) >= 11 is 0. The summed E-state index contributed by atoms with van der Waals surface area (Å²) in [7, 11) is 0. The first-order chi connectivity index (χ1) is 6.86. The van der Waals surface area contributed by atoms with Crippen molar-refractivity contribution >= 4 is 5.78 Å². The fourth-order valence-corrected chi connectivity index (χ4v) is 1.40. The van der Waals surface area contributed by atoms with Gasteiger partial charge < -0.3 is 0 Å². The molecule has 0 N–H and O–H groups in total. The summed E-state index contributed by atoms with van der Waals surface area (Å²) in [6.07, 6.45) is 0.339. The fourth-order valence-electron chi connectivity index (χ4n) is 1.40. The van der Waals surface area contributed by atoms with Crippen LogP contribution in [0.4, 0.5) is 4.39 Å². The SMILES string of the molecule is CCC(=O)c1ccc(C(C)(C)C)cc1F. The van der Waals surface area contributed by atoms with Gasteiger partial charge in [-0.25, -0.2) is 4.39 Å². The van der Waals surface area contributed by atoms with Crippen LogP contribution in [0.15, 0.2) is 18.2 Å². The van der Waals surface area contributed by atoms with Crippen molar-refractivity contribution in [2.75, 3.05) is 0 Å². The quantitative estimate of drug-likeness (QED) is 0.677. The third-order valence-corrected chi connectivity index (χ3v) is 2.46. The van der Waals surface area contributed by atoms with Gasteiger partial charge in [0.25, 0.3) is 0 Å². The largest absolute Gasteiger partial charge is 0.294 e. The lowest BCUT2D eigenvalue weighted by molar-refractivity contribution is 0.0984. The van der Waals surface area contributed by atoms with E-state index in [0.29, 0.717) is 6.42 Å². The van der Waals surface area contributed by atoms with Crippen LogP contribution < -0.4 is 0 Å². The molecule has 0 saturated carbocycles. The van der Waals surface area contributed by atoms with E-state index in [1.165, 1.54) is 6.07 Å². The van der Waals surface area contributed by atoms with Gasteiger partial charge in [0.2, 0.25) is 0 Å². The third-order valence-electron chi connectivity index (χ3n) is 2.46. The average molecular weight is 208 g/mol. The molecule has 0 saturated heterocycles. The summed E-state index contributed by atoms with van der Waals surface area (Å²) in [4.78, 5) is 11.4. The van der Waals surface area contributed by atoms with Gasteiger partial charge in [0, 0.05) is 6.42 Å². The number of halogens is 1. The molecular weight excluding hydrogens is 191 g/mol. The Kier molecular flexibility index (Phi) is 3.28. The Balaban J connectivity index is 3.15. The molecule has 0 fully saturated rings. The molecule has 0 aliphatic rings. The molecule has 0 aromatic heterocycles. The lowest BCUT2D eigenvalue weighted by atomic mass is 9.86. The third kappa shape index (κ3) is 2.65. The van der Waals surface area contributed by atoms with Crippen molar-refractivity contribution in [1.82, 2.24) is 0 Å². The maximum atomic E-state index is 13.6. The summed E-state index contributed by atoms with van der Waals surface area (Å²) in [5, 5.41) is 0. The first-order valence-corrected chi connectivity index (χ1v) is 5.19. The van der Waals surface area contributed by atoms with Gasteiger partial charge in [-0.2, -0.15) is 0 Å². The lowest BCUT2D eigenvalue weighted by Crippen LogP contribution is -2.12. The number of Topliss-reactive ketones (excluding diaryl/α,β-unsaturated/α-hetero) is 1. The zero-order valence-corrected chi connectivity index (χ0v) is 9.73. The second-order valence-electron chi connectivity index (χ2n) is 4.72. The topological polar surface area (TPSA) is 17.1 Å². The highest BCUT2D eigenvalue weighted by Gasteiger charge is 2.17. The highest BCUT2D eigenvalue weighted by Crippen LogP contribution is 2.24. The Morgan fingerprint density at radius 1 is 1.33 bits per heavy atom. The number of carbonyl (C=O) groups excluding carboxylic acids is 1. The first kappa shape index (κ1) is 11.9. The minimum Gasteiger partial charge on any atom is -0.294 e. The van der Waals surface area contributed by atoms with E-state index < -0.39 is 5.82 Å². The molecule has 0 aliphatic heterocycles. The van der Waals surface area contributed by atoms with E-state index in [2.05, 4.69) is 0 Å². The monoisotopic (exact) mass is 208 g/mol. The molecule has 0 heterocycles. The van der Waals surface area contributed by atoms with Crippen LogP contribution in [0.2, 0.25) is 0 Å². The molecule has 82 valence electrons. The van der Waals surface area contributed by atoms with Crippen LogP contribution in [0.25, 0.3) is 0 Å². The van der Waals surface area contributed by atoms with Crippen molar-refractivity contribution in [3.63, 3.8) is 0 Å². The van der Waals surface area contributed by atoms with Crippen LogP contribution in [0.5, 0.6) is 0 Å². The van der Waals surface area contributed by atoms with E-state index in [-0.39, 0.29) is 16.8 Å². The molecule has 0 atom stereocenters. The summed E-state index contributed by atoms with van der Waals surface area (Å²) in [5.74, 6) is -0.553. The number of ketones is 1. The van der Waals surface area contributed by atoms with E-state index in [0.717, 1.165) is 5.56 Å². The molecule has 0 radical (unpaired) electrons. The summed E-state index contributed by atoms with van der Waals surface area (Å²) in [5.41, 5.74) is 1.02. The molecule has 1 aromatic rings. The van der Waals surface area contributed by atoms with Crippen LogP contribution in [0, 0.1) is 5.82 Å². The van der Waals surface area contributed by atoms with E-state index in [1.54, 1.807) is 13.0 Å². The van der Waals surface area contributed by atoms with Gasteiger partial charge in [0.15, 0.2) is 5.78 Å². The van der Waals surface area contributed by atoms with Crippen molar-refractivity contribution < 1.29 is 9.18 Å². The van der Waals surface area contributed by atoms with E-state index in [9.17, 15) is 9.18 Å². The van der Waals surface area contributed by atoms with Crippen molar-refractivity contribution in [3.05, 3.63) is 35.1 Å². The van der Waals surface area contributed by atoms with E-state index >= 15 is 0 Å². The summed E-state index contributed by atoms with van der Waals surface area (Å²) in [6.45, 7) is 7.79. The number of hydrogen-bond acceptors (Lipinski definition) is 1. The predicted molar refractivity (Wildman–Crippen MR) is 59.7 cm³/mol. The van der Waals surface area contributed by atoms with Crippen molar-refractivity contribution in [2.24, 2.45) is 0 Å². The molecule has 15 heavy (non-hydrogen) atoms. The Hall–Kier alpha value is -1.18. The number of benzene rings is 1. The van der Waals surface area contributed by atoms with Gasteiger partial charge in [0.1, 0.15) is 5.82 Å². The van der Waals surface area contributed by atoms with Gasteiger partial charge in [-0.15, -0.1) is 0 Å². The molecule has 0 bridgehead atoms. The number of hydrogen-bond donors (Lipinski definition) is 0. The summed E-state index contributed by atoms with van der Waals surface area (Å²) < 4.78 is 13.6. The number of carbonyl (C=O) groups is 1. The minimum absolute atomic E-state index is 0.0887. The van der Waals surface area contributed by atoms with Crippen LogP contribution in [0.3, 0.4) is 0 Å². The molecule has 0 amide bonds. The Morgan fingerprint density at radius 3 is 2.33 bits per heavy atom. The molecule has 0 unspecified atom stereocenters. The minimum atomic E-state index is -0.408. The van der Waals surface area contributed by atoms with Crippen LogP contribution in [-0.2, 0) is 5.41 Å². The molecule has 2 heteroatoms. The molecule has 1 nitrogen and oxygen atoms in total.